The standard InChI is InChI=1S/C12H14N6O2/c1-8(19)13-9-4-3-5-10(6-9)14-12(20)7-11-15-16-17-18(11)2/h3-6H,7H2,1-2H3,(H,13,19)(H,14,20). The second-order valence-electron chi connectivity index (χ2n) is 4.21. The molecule has 0 aliphatic carbocycles. The largest absolute Gasteiger partial charge is 0.326 e. The number of aryl methyl sites for hydroxylation is 1. The molecule has 0 saturated carbocycles. The molecule has 1 aromatic heterocycles. The minimum Gasteiger partial charge on any atom is -0.326 e. The van der Waals surface area contributed by atoms with Crippen LogP contribution in [0.1, 0.15) is 12.7 Å². The van der Waals surface area contributed by atoms with E-state index < -0.39 is 0 Å². The first-order chi connectivity index (χ1) is 9.54. The number of carbonyl (C=O) groups is 2. The highest BCUT2D eigenvalue weighted by atomic mass is 16.2. The zero-order valence-corrected chi connectivity index (χ0v) is 11.1. The van der Waals surface area contributed by atoms with E-state index in [4.69, 9.17) is 0 Å². The summed E-state index contributed by atoms with van der Waals surface area (Å²) >= 11 is 0. The van der Waals surface area contributed by atoms with Crippen molar-refractivity contribution < 1.29 is 9.59 Å². The Balaban J connectivity index is 2.01. The topological polar surface area (TPSA) is 102 Å². The van der Waals surface area contributed by atoms with Gasteiger partial charge in [-0.25, -0.2) is 4.68 Å². The molecule has 0 radical (unpaired) electrons. The molecule has 0 fully saturated rings. The maximum atomic E-state index is 11.9. The normalized spacial score (nSPS) is 10.1. The lowest BCUT2D eigenvalue weighted by Crippen LogP contribution is -2.17. The van der Waals surface area contributed by atoms with Crippen LogP contribution < -0.4 is 10.6 Å². The number of hydrogen-bond donors (Lipinski definition) is 2. The summed E-state index contributed by atoms with van der Waals surface area (Å²) in [6.45, 7) is 1.42. The van der Waals surface area contributed by atoms with Crippen molar-refractivity contribution in [2.45, 2.75) is 13.3 Å². The summed E-state index contributed by atoms with van der Waals surface area (Å²) in [5, 5.41) is 16.2. The maximum absolute atomic E-state index is 11.9. The molecule has 2 amide bonds. The predicted octanol–water partition coefficient (Wildman–Crippen LogP) is 0.350. The molecule has 0 unspecified atom stereocenters. The highest BCUT2D eigenvalue weighted by Crippen LogP contribution is 2.15. The van der Waals surface area contributed by atoms with Crippen LogP contribution in [0, 0.1) is 0 Å². The number of amides is 2. The van der Waals surface area contributed by atoms with E-state index in [2.05, 4.69) is 26.2 Å². The fraction of sp³-hybridized carbons (Fsp3) is 0.250. The van der Waals surface area contributed by atoms with Gasteiger partial charge in [-0.1, -0.05) is 6.07 Å². The SMILES string of the molecule is CC(=O)Nc1cccc(NC(=O)Cc2nnnn2C)c1. The fourth-order valence-electron chi connectivity index (χ4n) is 1.62. The molecule has 8 nitrogen and oxygen atoms in total. The van der Waals surface area contributed by atoms with Gasteiger partial charge < -0.3 is 10.6 Å². The maximum Gasteiger partial charge on any atom is 0.232 e. The van der Waals surface area contributed by atoms with Crippen LogP contribution in [-0.2, 0) is 23.1 Å². The van der Waals surface area contributed by atoms with Crippen molar-refractivity contribution >= 4 is 23.2 Å². The van der Waals surface area contributed by atoms with Gasteiger partial charge in [0.05, 0.1) is 6.42 Å². The molecule has 2 aromatic rings. The molecule has 2 rings (SSSR count). The average molecular weight is 274 g/mol. The van der Waals surface area contributed by atoms with Crippen LogP contribution in [0.25, 0.3) is 0 Å². The molecule has 1 heterocycles. The number of tetrazole rings is 1. The van der Waals surface area contributed by atoms with Gasteiger partial charge in [-0.3, -0.25) is 9.59 Å². The van der Waals surface area contributed by atoms with Crippen molar-refractivity contribution in [2.24, 2.45) is 7.05 Å². The number of aromatic nitrogens is 4. The van der Waals surface area contributed by atoms with E-state index in [1.807, 2.05) is 0 Å². The van der Waals surface area contributed by atoms with E-state index in [1.165, 1.54) is 11.6 Å². The molecule has 0 atom stereocenters. The number of nitrogens with zero attached hydrogens (tertiary/aromatic N) is 4. The second kappa shape index (κ2) is 5.91. The lowest BCUT2D eigenvalue weighted by Gasteiger charge is -2.07. The fourth-order valence-corrected chi connectivity index (χ4v) is 1.62. The van der Waals surface area contributed by atoms with Crippen LogP contribution in [0.15, 0.2) is 24.3 Å². The first-order valence-corrected chi connectivity index (χ1v) is 5.93. The van der Waals surface area contributed by atoms with Crippen LogP contribution >= 0.6 is 0 Å². The molecule has 0 bridgehead atoms. The van der Waals surface area contributed by atoms with Crippen LogP contribution in [0.4, 0.5) is 11.4 Å². The minimum atomic E-state index is -0.233. The quantitative estimate of drug-likeness (QED) is 0.837. The number of benzene rings is 1. The first kappa shape index (κ1) is 13.7. The van der Waals surface area contributed by atoms with Gasteiger partial charge in [-0.05, 0) is 28.6 Å². The second-order valence-corrected chi connectivity index (χ2v) is 4.21. The Morgan fingerprint density at radius 1 is 1.25 bits per heavy atom. The van der Waals surface area contributed by atoms with Crippen LogP contribution in [0.2, 0.25) is 0 Å². The summed E-state index contributed by atoms with van der Waals surface area (Å²) < 4.78 is 1.44. The Morgan fingerprint density at radius 3 is 2.55 bits per heavy atom. The summed E-state index contributed by atoms with van der Waals surface area (Å²) in [6.07, 6.45) is 0.0772. The molecule has 2 N–H and O–H groups in total. The number of hydrogen-bond acceptors (Lipinski definition) is 5. The number of carbonyl (C=O) groups excluding carboxylic acids is 2. The number of nitrogens with one attached hydrogen (secondary N) is 2. The zero-order valence-electron chi connectivity index (χ0n) is 11.1. The number of rotatable bonds is 4. The summed E-state index contributed by atoms with van der Waals surface area (Å²) in [5.74, 6) is 0.0713. The van der Waals surface area contributed by atoms with Gasteiger partial charge in [-0.2, -0.15) is 0 Å². The molecule has 104 valence electrons. The van der Waals surface area contributed by atoms with Crippen molar-refractivity contribution in [1.82, 2.24) is 20.2 Å². The van der Waals surface area contributed by atoms with Crippen molar-refractivity contribution in [3.05, 3.63) is 30.1 Å². The molecule has 0 spiro atoms. The number of anilines is 2. The highest BCUT2D eigenvalue weighted by Gasteiger charge is 2.09. The minimum absolute atomic E-state index is 0.0772. The summed E-state index contributed by atoms with van der Waals surface area (Å²) in [4.78, 5) is 22.8. The summed E-state index contributed by atoms with van der Waals surface area (Å²) in [7, 11) is 1.67. The van der Waals surface area contributed by atoms with E-state index in [0.717, 1.165) is 0 Å². The predicted molar refractivity (Wildman–Crippen MR) is 71.9 cm³/mol. The molecule has 0 aliphatic heterocycles. The van der Waals surface area contributed by atoms with E-state index >= 15 is 0 Å². The van der Waals surface area contributed by atoms with Gasteiger partial charge in [0.25, 0.3) is 0 Å². The van der Waals surface area contributed by atoms with E-state index in [1.54, 1.807) is 31.3 Å². The van der Waals surface area contributed by atoms with Gasteiger partial charge >= 0.3 is 0 Å². The van der Waals surface area contributed by atoms with Crippen molar-refractivity contribution in [3.63, 3.8) is 0 Å². The molecule has 1 aromatic carbocycles. The zero-order chi connectivity index (χ0) is 14.5. The van der Waals surface area contributed by atoms with Crippen molar-refractivity contribution in [1.29, 1.82) is 0 Å². The highest BCUT2D eigenvalue weighted by molar-refractivity contribution is 5.93. The third kappa shape index (κ3) is 3.61. The van der Waals surface area contributed by atoms with Crippen LogP contribution in [0.3, 0.4) is 0 Å². The van der Waals surface area contributed by atoms with Gasteiger partial charge in [0.15, 0.2) is 5.82 Å². The Bertz CT molecular complexity index is 636. The molecule has 0 saturated heterocycles. The molecule has 0 aliphatic rings. The molecule has 8 heteroatoms. The first-order valence-electron chi connectivity index (χ1n) is 5.93. The third-order valence-electron chi connectivity index (χ3n) is 2.49. The van der Waals surface area contributed by atoms with E-state index in [0.29, 0.717) is 17.2 Å². The van der Waals surface area contributed by atoms with Crippen LogP contribution in [-0.4, -0.2) is 32.0 Å². The lowest BCUT2D eigenvalue weighted by atomic mass is 10.2. The Kier molecular flexibility index (Phi) is 4.04. The summed E-state index contributed by atoms with van der Waals surface area (Å²) in [5.41, 5.74) is 1.21. The van der Waals surface area contributed by atoms with Gasteiger partial charge in [-0.15, -0.1) is 5.10 Å². The van der Waals surface area contributed by atoms with Crippen molar-refractivity contribution in [3.8, 4) is 0 Å². The van der Waals surface area contributed by atoms with E-state index in [9.17, 15) is 9.59 Å². The molecular weight excluding hydrogens is 260 g/mol. The summed E-state index contributed by atoms with van der Waals surface area (Å²) in [6, 6.07) is 6.89. The van der Waals surface area contributed by atoms with Crippen LogP contribution in [0.5, 0.6) is 0 Å². The Hall–Kier alpha value is -2.77. The third-order valence-corrected chi connectivity index (χ3v) is 2.49. The smallest absolute Gasteiger partial charge is 0.232 e. The Labute approximate surface area is 115 Å². The Morgan fingerprint density at radius 2 is 1.95 bits per heavy atom. The molecular formula is C12H14N6O2. The van der Waals surface area contributed by atoms with Gasteiger partial charge in [0, 0.05) is 25.3 Å². The monoisotopic (exact) mass is 274 g/mol. The lowest BCUT2D eigenvalue weighted by molar-refractivity contribution is -0.116. The average Bonchev–Trinajstić information content (AvgIpc) is 2.74. The molecule has 20 heavy (non-hydrogen) atoms. The van der Waals surface area contributed by atoms with Gasteiger partial charge in [0.2, 0.25) is 11.8 Å². The van der Waals surface area contributed by atoms with Gasteiger partial charge in [0.1, 0.15) is 0 Å². The van der Waals surface area contributed by atoms with Crippen molar-refractivity contribution in [2.75, 3.05) is 10.6 Å². The van der Waals surface area contributed by atoms with E-state index in [-0.39, 0.29) is 18.2 Å².